The summed E-state index contributed by atoms with van der Waals surface area (Å²) in [5, 5.41) is 14.5. The van der Waals surface area contributed by atoms with Gasteiger partial charge in [0, 0.05) is 12.5 Å². The Morgan fingerprint density at radius 3 is 2.61 bits per heavy atom. The summed E-state index contributed by atoms with van der Waals surface area (Å²) in [7, 11) is 0. The van der Waals surface area contributed by atoms with Gasteiger partial charge < -0.3 is 0 Å². The summed E-state index contributed by atoms with van der Waals surface area (Å²) in [4.78, 5) is 10.6. The summed E-state index contributed by atoms with van der Waals surface area (Å²) in [6, 6.07) is 7.87. The third-order valence-electron chi connectivity index (χ3n) is 2.69. The van der Waals surface area contributed by atoms with Gasteiger partial charge in [-0.3, -0.25) is 0 Å². The van der Waals surface area contributed by atoms with Crippen molar-refractivity contribution in [2.75, 3.05) is 0 Å². The molecule has 0 aliphatic carbocycles. The number of aromatic amines is 1. The average molecular weight is 245 g/mol. The molecule has 2 rings (SSSR count). The normalized spacial score (nSPS) is 10.1. The molecule has 1 aromatic carbocycles. The molecule has 0 atom stereocenters. The number of rotatable bonds is 3. The molecule has 2 aromatic rings. The van der Waals surface area contributed by atoms with Crippen molar-refractivity contribution in [2.24, 2.45) is 5.18 Å². The minimum Gasteiger partial charge on any atom is -0.207 e. The van der Waals surface area contributed by atoms with Crippen molar-refractivity contribution in [3.8, 4) is 6.07 Å². The van der Waals surface area contributed by atoms with E-state index in [0.717, 1.165) is 5.56 Å². The molecular formula is C12H10FN4O+. The number of benzene rings is 1. The molecule has 0 unspecified atom stereocenters. The number of aromatic nitrogens is 2. The van der Waals surface area contributed by atoms with Gasteiger partial charge in [0.1, 0.15) is 11.9 Å². The van der Waals surface area contributed by atoms with Crippen molar-refractivity contribution >= 4 is 5.69 Å². The lowest BCUT2D eigenvalue weighted by Gasteiger charge is -1.95. The largest absolute Gasteiger partial charge is 0.235 e. The minimum absolute atomic E-state index is 0.111. The van der Waals surface area contributed by atoms with Crippen LogP contribution in [0.25, 0.3) is 0 Å². The maximum Gasteiger partial charge on any atom is 0.235 e. The maximum atomic E-state index is 12.8. The zero-order chi connectivity index (χ0) is 13.1. The van der Waals surface area contributed by atoms with Gasteiger partial charge in [-0.2, -0.15) is 10.4 Å². The summed E-state index contributed by atoms with van der Waals surface area (Å²) in [6.07, 6.45) is 0. The lowest BCUT2D eigenvalue weighted by molar-refractivity contribution is -0.747. The molecule has 0 radical (unpaired) electrons. The van der Waals surface area contributed by atoms with Crippen LogP contribution < -0.4 is 4.68 Å². The maximum absolute atomic E-state index is 12.8. The van der Waals surface area contributed by atoms with Crippen LogP contribution in [0.2, 0.25) is 0 Å². The Morgan fingerprint density at radius 2 is 2.11 bits per heavy atom. The molecule has 0 fully saturated rings. The van der Waals surface area contributed by atoms with Crippen LogP contribution in [-0.2, 0) is 6.54 Å². The highest BCUT2D eigenvalue weighted by molar-refractivity contribution is 5.49. The van der Waals surface area contributed by atoms with Crippen LogP contribution in [-0.4, -0.2) is 5.10 Å². The Hall–Kier alpha value is -2.55. The number of nitrogens with one attached hydrogen (secondary N) is 1. The molecule has 0 aliphatic heterocycles. The summed E-state index contributed by atoms with van der Waals surface area (Å²) in [5.41, 5.74) is 1.67. The third-order valence-corrected chi connectivity index (χ3v) is 2.69. The second-order valence-electron chi connectivity index (χ2n) is 3.84. The molecule has 5 nitrogen and oxygen atoms in total. The Labute approximate surface area is 102 Å². The van der Waals surface area contributed by atoms with E-state index in [1.54, 1.807) is 23.7 Å². The highest BCUT2D eigenvalue weighted by atomic mass is 19.1. The van der Waals surface area contributed by atoms with Gasteiger partial charge in [0.25, 0.3) is 0 Å². The number of halogens is 1. The smallest absolute Gasteiger partial charge is 0.207 e. The van der Waals surface area contributed by atoms with Crippen molar-refractivity contribution in [1.82, 2.24) is 5.10 Å². The number of nitroso groups, excluding NO2 is 1. The fourth-order valence-electron chi connectivity index (χ4n) is 1.70. The van der Waals surface area contributed by atoms with E-state index in [9.17, 15) is 9.30 Å². The van der Waals surface area contributed by atoms with Crippen LogP contribution in [0.3, 0.4) is 0 Å². The number of hydrogen-bond acceptors (Lipinski definition) is 3. The molecule has 0 spiro atoms. The molecule has 0 amide bonds. The van der Waals surface area contributed by atoms with Crippen LogP contribution in [0.15, 0.2) is 29.4 Å². The van der Waals surface area contributed by atoms with Crippen molar-refractivity contribution in [2.45, 2.75) is 13.5 Å². The fraction of sp³-hybridized carbons (Fsp3) is 0.167. The SMILES string of the molecule is Cc1c(N=O)c(C#N)[nH][n+]1Cc1ccc(F)cc1. The lowest BCUT2D eigenvalue weighted by atomic mass is 10.2. The molecule has 6 heteroatoms. The summed E-state index contributed by atoms with van der Waals surface area (Å²) in [5.74, 6) is -0.306. The molecule has 18 heavy (non-hydrogen) atoms. The molecule has 1 N–H and O–H groups in total. The molecule has 0 bridgehead atoms. The third kappa shape index (κ3) is 2.11. The van der Waals surface area contributed by atoms with Gasteiger partial charge >= 0.3 is 0 Å². The number of hydrogen-bond donors (Lipinski definition) is 1. The fourth-order valence-corrected chi connectivity index (χ4v) is 1.70. The van der Waals surface area contributed by atoms with Crippen molar-refractivity contribution < 1.29 is 9.07 Å². The molecule has 0 aliphatic rings. The lowest BCUT2D eigenvalue weighted by Crippen LogP contribution is -2.38. The van der Waals surface area contributed by atoms with Crippen molar-refractivity contribution in [1.29, 1.82) is 5.26 Å². The minimum atomic E-state index is -0.306. The van der Waals surface area contributed by atoms with E-state index < -0.39 is 0 Å². The molecule has 0 saturated heterocycles. The number of nitriles is 1. The van der Waals surface area contributed by atoms with E-state index >= 15 is 0 Å². The standard InChI is InChI=1S/C12H9FN4O/c1-8-12(16-18)11(6-14)15-17(8)7-9-2-4-10(13)5-3-9/h2-5H,7H2,1H3/p+1. The predicted octanol–water partition coefficient (Wildman–Crippen LogP) is 2.07. The van der Waals surface area contributed by atoms with E-state index in [2.05, 4.69) is 10.3 Å². The highest BCUT2D eigenvalue weighted by Crippen LogP contribution is 2.18. The monoisotopic (exact) mass is 245 g/mol. The van der Waals surface area contributed by atoms with Gasteiger partial charge in [-0.25, -0.2) is 4.39 Å². The van der Waals surface area contributed by atoms with Crippen LogP contribution >= 0.6 is 0 Å². The van der Waals surface area contributed by atoms with Crippen LogP contribution in [0.5, 0.6) is 0 Å². The Bertz CT molecular complexity index is 625. The summed E-state index contributed by atoms with van der Waals surface area (Å²) >= 11 is 0. The van der Waals surface area contributed by atoms with E-state index in [1.165, 1.54) is 12.1 Å². The molecule has 90 valence electrons. The van der Waals surface area contributed by atoms with Gasteiger partial charge in [-0.1, -0.05) is 0 Å². The molecule has 1 aromatic heterocycles. The first-order chi connectivity index (χ1) is 8.65. The predicted molar refractivity (Wildman–Crippen MR) is 61.4 cm³/mol. The zero-order valence-corrected chi connectivity index (χ0v) is 9.64. The summed E-state index contributed by atoms with van der Waals surface area (Å²) < 4.78 is 14.4. The van der Waals surface area contributed by atoms with E-state index in [0.29, 0.717) is 12.2 Å². The first kappa shape index (κ1) is 11.9. The Kier molecular flexibility index (Phi) is 3.15. The Balaban J connectivity index is 2.35. The number of H-pyrrole nitrogens is 1. The summed E-state index contributed by atoms with van der Waals surface area (Å²) in [6.45, 7) is 2.11. The average Bonchev–Trinajstić information content (AvgIpc) is 2.68. The molecule has 1 heterocycles. The van der Waals surface area contributed by atoms with Gasteiger partial charge in [-0.15, -0.1) is 9.59 Å². The van der Waals surface area contributed by atoms with Crippen LogP contribution in [0.1, 0.15) is 17.0 Å². The van der Waals surface area contributed by atoms with Crippen molar-refractivity contribution in [3.63, 3.8) is 0 Å². The first-order valence-electron chi connectivity index (χ1n) is 5.26. The second kappa shape index (κ2) is 4.75. The van der Waals surface area contributed by atoms with E-state index in [1.807, 2.05) is 6.07 Å². The van der Waals surface area contributed by atoms with E-state index in [4.69, 9.17) is 5.26 Å². The highest BCUT2D eigenvalue weighted by Gasteiger charge is 2.22. The topological polar surface area (TPSA) is 72.9 Å². The molecular weight excluding hydrogens is 235 g/mol. The quantitative estimate of drug-likeness (QED) is 0.664. The van der Waals surface area contributed by atoms with Crippen LogP contribution in [0.4, 0.5) is 10.1 Å². The van der Waals surface area contributed by atoms with Crippen molar-refractivity contribution in [3.05, 3.63) is 51.9 Å². The van der Waals surface area contributed by atoms with Gasteiger partial charge in [0.2, 0.25) is 17.1 Å². The van der Waals surface area contributed by atoms with Crippen LogP contribution in [0, 0.1) is 29.0 Å². The first-order valence-corrected chi connectivity index (χ1v) is 5.26. The zero-order valence-electron chi connectivity index (χ0n) is 9.64. The Morgan fingerprint density at radius 1 is 1.44 bits per heavy atom. The van der Waals surface area contributed by atoms with Gasteiger partial charge in [-0.05, 0) is 29.4 Å². The molecule has 0 saturated carbocycles. The van der Waals surface area contributed by atoms with E-state index in [-0.39, 0.29) is 17.2 Å². The number of nitrogens with zero attached hydrogens (tertiary/aromatic N) is 3. The van der Waals surface area contributed by atoms with Gasteiger partial charge in [0.15, 0.2) is 6.54 Å². The second-order valence-corrected chi connectivity index (χ2v) is 3.84. The van der Waals surface area contributed by atoms with Gasteiger partial charge in [0.05, 0.1) is 0 Å².